The molecular formula is C20H17NO2S. The summed E-state index contributed by atoms with van der Waals surface area (Å²) in [7, 11) is 0. The molecule has 0 unspecified atom stereocenters. The number of benzene rings is 1. The predicted octanol–water partition coefficient (Wildman–Crippen LogP) is 4.93. The summed E-state index contributed by atoms with van der Waals surface area (Å²) in [5.41, 5.74) is 1.73. The average Bonchev–Trinajstić information content (AvgIpc) is 3.06. The van der Waals surface area contributed by atoms with Crippen LogP contribution in [0, 0.1) is 6.92 Å². The van der Waals surface area contributed by atoms with Crippen LogP contribution in [0.3, 0.4) is 0 Å². The number of thiophene rings is 1. The van der Waals surface area contributed by atoms with E-state index in [1.54, 1.807) is 18.3 Å². The van der Waals surface area contributed by atoms with Gasteiger partial charge in [0.15, 0.2) is 5.78 Å². The van der Waals surface area contributed by atoms with Crippen molar-refractivity contribution >= 4 is 23.2 Å². The van der Waals surface area contributed by atoms with Crippen molar-refractivity contribution in [2.45, 2.75) is 13.5 Å². The lowest BCUT2D eigenvalue weighted by molar-refractivity contribution is 0.105. The maximum atomic E-state index is 12.2. The van der Waals surface area contributed by atoms with Crippen LogP contribution >= 0.6 is 11.3 Å². The van der Waals surface area contributed by atoms with Crippen LogP contribution in [0.25, 0.3) is 6.08 Å². The van der Waals surface area contributed by atoms with Crippen LogP contribution in [0.4, 0.5) is 0 Å². The van der Waals surface area contributed by atoms with Gasteiger partial charge in [0.2, 0.25) is 0 Å². The summed E-state index contributed by atoms with van der Waals surface area (Å²) in [6.45, 7) is 2.38. The highest BCUT2D eigenvalue weighted by Gasteiger charge is 2.06. The van der Waals surface area contributed by atoms with E-state index in [4.69, 9.17) is 4.74 Å². The predicted molar refractivity (Wildman–Crippen MR) is 97.4 cm³/mol. The van der Waals surface area contributed by atoms with Gasteiger partial charge in [0.25, 0.3) is 0 Å². The van der Waals surface area contributed by atoms with Gasteiger partial charge in [-0.25, -0.2) is 0 Å². The van der Waals surface area contributed by atoms with E-state index in [1.165, 1.54) is 11.3 Å². The second kappa shape index (κ2) is 7.70. The molecule has 120 valence electrons. The third-order valence-electron chi connectivity index (χ3n) is 3.42. The first-order valence-electron chi connectivity index (χ1n) is 7.63. The van der Waals surface area contributed by atoms with Crippen LogP contribution in [0.2, 0.25) is 0 Å². The number of carbonyl (C=O) groups is 1. The molecule has 0 saturated heterocycles. The number of pyridine rings is 1. The van der Waals surface area contributed by atoms with Gasteiger partial charge in [0, 0.05) is 16.6 Å². The molecule has 0 aliphatic carbocycles. The third kappa shape index (κ3) is 4.18. The Morgan fingerprint density at radius 1 is 1.12 bits per heavy atom. The van der Waals surface area contributed by atoms with E-state index in [0.29, 0.717) is 6.61 Å². The van der Waals surface area contributed by atoms with Gasteiger partial charge in [-0.15, -0.1) is 11.3 Å². The van der Waals surface area contributed by atoms with E-state index in [1.807, 2.05) is 61.5 Å². The second-order valence-corrected chi connectivity index (χ2v) is 6.54. The summed E-state index contributed by atoms with van der Waals surface area (Å²) < 4.78 is 5.84. The fourth-order valence-corrected chi connectivity index (χ4v) is 2.99. The van der Waals surface area contributed by atoms with E-state index >= 15 is 0 Å². The largest absolute Gasteiger partial charge is 0.487 e. The highest BCUT2D eigenvalue weighted by atomic mass is 32.1. The highest BCUT2D eigenvalue weighted by molar-refractivity contribution is 7.14. The quantitative estimate of drug-likeness (QED) is 0.474. The second-order valence-electron chi connectivity index (χ2n) is 5.26. The number of allylic oxidation sites excluding steroid dienone is 1. The fourth-order valence-electron chi connectivity index (χ4n) is 2.20. The van der Waals surface area contributed by atoms with Gasteiger partial charge < -0.3 is 4.74 Å². The number of ketones is 1. The zero-order chi connectivity index (χ0) is 16.8. The zero-order valence-corrected chi connectivity index (χ0v) is 14.1. The molecule has 4 heteroatoms. The number of aromatic nitrogens is 1. The van der Waals surface area contributed by atoms with Crippen molar-refractivity contribution in [1.82, 2.24) is 4.98 Å². The van der Waals surface area contributed by atoms with Crippen molar-refractivity contribution in [1.29, 1.82) is 0 Å². The lowest BCUT2D eigenvalue weighted by atomic mass is 10.1. The standard InChI is InChI=1S/C20H17NO2S/c1-15-9-12-20(24-15)18(22)11-10-16-6-2-3-8-19(16)23-14-17-7-4-5-13-21-17/h2-13H,14H2,1H3. The molecule has 0 amide bonds. The molecule has 3 aromatic rings. The van der Waals surface area contributed by atoms with Gasteiger partial charge in [0.1, 0.15) is 12.4 Å². The van der Waals surface area contributed by atoms with Crippen molar-refractivity contribution in [3.8, 4) is 5.75 Å². The van der Waals surface area contributed by atoms with Gasteiger partial charge in [0.05, 0.1) is 10.6 Å². The minimum absolute atomic E-state index is 0.00706. The smallest absolute Gasteiger partial charge is 0.195 e. The number of carbonyl (C=O) groups excluding carboxylic acids is 1. The summed E-state index contributed by atoms with van der Waals surface area (Å²) in [5, 5.41) is 0. The molecular weight excluding hydrogens is 318 g/mol. The molecule has 0 bridgehead atoms. The van der Waals surface area contributed by atoms with Crippen LogP contribution in [0.5, 0.6) is 5.75 Å². The molecule has 24 heavy (non-hydrogen) atoms. The maximum absolute atomic E-state index is 12.2. The first-order chi connectivity index (χ1) is 11.7. The van der Waals surface area contributed by atoms with Crippen molar-refractivity contribution < 1.29 is 9.53 Å². The molecule has 0 N–H and O–H groups in total. The van der Waals surface area contributed by atoms with Crippen molar-refractivity contribution in [2.24, 2.45) is 0 Å². The zero-order valence-electron chi connectivity index (χ0n) is 13.3. The minimum Gasteiger partial charge on any atom is -0.487 e. The molecule has 3 rings (SSSR count). The van der Waals surface area contributed by atoms with Crippen molar-refractivity contribution in [3.63, 3.8) is 0 Å². The van der Waals surface area contributed by atoms with Gasteiger partial charge >= 0.3 is 0 Å². The lowest BCUT2D eigenvalue weighted by Gasteiger charge is -2.08. The normalized spacial score (nSPS) is 10.9. The maximum Gasteiger partial charge on any atom is 0.195 e. The van der Waals surface area contributed by atoms with E-state index < -0.39 is 0 Å². The fraction of sp³-hybridized carbons (Fsp3) is 0.100. The molecule has 3 nitrogen and oxygen atoms in total. The number of hydrogen-bond donors (Lipinski definition) is 0. The Kier molecular flexibility index (Phi) is 5.18. The van der Waals surface area contributed by atoms with E-state index in [2.05, 4.69) is 4.98 Å². The number of ether oxygens (including phenoxy) is 1. The number of rotatable bonds is 6. The molecule has 2 heterocycles. The van der Waals surface area contributed by atoms with E-state index in [9.17, 15) is 4.79 Å². The Morgan fingerprint density at radius 2 is 1.96 bits per heavy atom. The molecule has 0 saturated carbocycles. The first kappa shape index (κ1) is 16.1. The van der Waals surface area contributed by atoms with Gasteiger partial charge in [-0.1, -0.05) is 24.3 Å². The lowest BCUT2D eigenvalue weighted by Crippen LogP contribution is -1.99. The average molecular weight is 335 g/mol. The molecule has 0 atom stereocenters. The third-order valence-corrected chi connectivity index (χ3v) is 4.43. The van der Waals surface area contributed by atoms with Gasteiger partial charge in [-0.3, -0.25) is 9.78 Å². The summed E-state index contributed by atoms with van der Waals surface area (Å²) >= 11 is 1.50. The Labute approximate surface area is 145 Å². The first-order valence-corrected chi connectivity index (χ1v) is 8.44. The summed E-state index contributed by atoms with van der Waals surface area (Å²) in [5.74, 6) is 0.738. The molecule has 2 aromatic heterocycles. The highest BCUT2D eigenvalue weighted by Crippen LogP contribution is 2.22. The molecule has 0 fully saturated rings. The van der Waals surface area contributed by atoms with Crippen LogP contribution < -0.4 is 4.74 Å². The number of para-hydroxylation sites is 1. The Balaban J connectivity index is 1.72. The number of hydrogen-bond acceptors (Lipinski definition) is 4. The monoisotopic (exact) mass is 335 g/mol. The summed E-state index contributed by atoms with van der Waals surface area (Å²) in [6, 6.07) is 17.2. The Hall–Kier alpha value is -2.72. The number of nitrogens with zero attached hydrogens (tertiary/aromatic N) is 1. The summed E-state index contributed by atoms with van der Waals surface area (Å²) in [6.07, 6.45) is 5.13. The number of aryl methyl sites for hydroxylation is 1. The molecule has 0 aliphatic heterocycles. The van der Waals surface area contributed by atoms with Crippen molar-refractivity contribution in [3.05, 3.63) is 87.9 Å². The summed E-state index contributed by atoms with van der Waals surface area (Å²) in [4.78, 5) is 18.3. The van der Waals surface area contributed by atoms with E-state index in [-0.39, 0.29) is 5.78 Å². The Morgan fingerprint density at radius 3 is 2.71 bits per heavy atom. The van der Waals surface area contributed by atoms with Gasteiger partial charge in [-0.2, -0.15) is 0 Å². The minimum atomic E-state index is 0.00706. The van der Waals surface area contributed by atoms with Gasteiger partial charge in [-0.05, 0) is 49.4 Å². The van der Waals surface area contributed by atoms with Crippen LogP contribution in [0.1, 0.15) is 25.8 Å². The molecule has 0 spiro atoms. The SMILES string of the molecule is Cc1ccc(C(=O)C=Cc2ccccc2OCc2ccccn2)s1. The molecule has 0 aliphatic rings. The van der Waals surface area contributed by atoms with Crippen molar-refractivity contribution in [2.75, 3.05) is 0 Å². The topological polar surface area (TPSA) is 39.2 Å². The Bertz CT molecular complexity index is 853. The van der Waals surface area contributed by atoms with E-state index in [0.717, 1.165) is 26.8 Å². The molecule has 1 aromatic carbocycles. The van der Waals surface area contributed by atoms with Crippen LogP contribution in [-0.2, 0) is 6.61 Å². The van der Waals surface area contributed by atoms with Crippen LogP contribution in [-0.4, -0.2) is 10.8 Å². The molecule has 0 radical (unpaired) electrons. The van der Waals surface area contributed by atoms with Crippen LogP contribution in [0.15, 0.2) is 66.9 Å².